The highest BCUT2D eigenvalue weighted by molar-refractivity contribution is 5.92. The normalized spacial score (nSPS) is 10.4. The van der Waals surface area contributed by atoms with Gasteiger partial charge < -0.3 is 9.32 Å². The van der Waals surface area contributed by atoms with E-state index in [9.17, 15) is 4.79 Å². The molecule has 22 heavy (non-hydrogen) atoms. The van der Waals surface area contributed by atoms with Gasteiger partial charge in [-0.05, 0) is 35.9 Å². The minimum atomic E-state index is -0.138. The van der Waals surface area contributed by atoms with Crippen molar-refractivity contribution < 1.29 is 9.21 Å². The van der Waals surface area contributed by atoms with Gasteiger partial charge in [0.25, 0.3) is 5.91 Å². The van der Waals surface area contributed by atoms with Crippen LogP contribution in [0.5, 0.6) is 0 Å². The van der Waals surface area contributed by atoms with Gasteiger partial charge in [0, 0.05) is 25.1 Å². The summed E-state index contributed by atoms with van der Waals surface area (Å²) in [4.78, 5) is 22.6. The first-order valence-corrected chi connectivity index (χ1v) is 6.94. The summed E-state index contributed by atoms with van der Waals surface area (Å²) in [6.45, 7) is 0.835. The smallest absolute Gasteiger partial charge is 0.273 e. The van der Waals surface area contributed by atoms with Crippen LogP contribution in [-0.4, -0.2) is 20.8 Å². The Morgan fingerprint density at radius 1 is 1.05 bits per heavy atom. The van der Waals surface area contributed by atoms with Crippen molar-refractivity contribution >= 4 is 5.91 Å². The fourth-order valence-electron chi connectivity index (χ4n) is 2.15. The number of carbonyl (C=O) groups excluding carboxylic acids is 1. The van der Waals surface area contributed by atoms with Crippen LogP contribution in [0.4, 0.5) is 0 Å². The molecule has 110 valence electrons. The molecule has 3 aromatic rings. The van der Waals surface area contributed by atoms with Gasteiger partial charge in [-0.2, -0.15) is 0 Å². The van der Waals surface area contributed by atoms with Gasteiger partial charge in [0.1, 0.15) is 11.5 Å². The third-order valence-corrected chi connectivity index (χ3v) is 3.19. The Morgan fingerprint density at radius 2 is 2.00 bits per heavy atom. The van der Waals surface area contributed by atoms with E-state index in [-0.39, 0.29) is 5.91 Å². The lowest BCUT2D eigenvalue weighted by Gasteiger charge is -2.21. The van der Waals surface area contributed by atoms with E-state index in [2.05, 4.69) is 9.97 Å². The van der Waals surface area contributed by atoms with E-state index in [1.807, 2.05) is 24.3 Å². The lowest BCUT2D eigenvalue weighted by Crippen LogP contribution is -2.30. The molecule has 0 unspecified atom stereocenters. The zero-order chi connectivity index (χ0) is 15.2. The van der Waals surface area contributed by atoms with E-state index in [0.29, 0.717) is 18.8 Å². The highest BCUT2D eigenvalue weighted by atomic mass is 16.3. The molecule has 1 amide bonds. The largest absolute Gasteiger partial charge is 0.467 e. The average molecular weight is 293 g/mol. The summed E-state index contributed by atoms with van der Waals surface area (Å²) in [5.74, 6) is 0.592. The molecule has 0 aliphatic heterocycles. The summed E-state index contributed by atoms with van der Waals surface area (Å²) >= 11 is 0. The molecular formula is C17H15N3O2. The molecule has 0 radical (unpaired) electrons. The van der Waals surface area contributed by atoms with Gasteiger partial charge in [0.2, 0.25) is 0 Å². The van der Waals surface area contributed by atoms with Crippen LogP contribution in [0.2, 0.25) is 0 Å². The van der Waals surface area contributed by atoms with Gasteiger partial charge in [0.15, 0.2) is 0 Å². The quantitative estimate of drug-likeness (QED) is 0.725. The molecule has 0 aromatic carbocycles. The summed E-state index contributed by atoms with van der Waals surface area (Å²) in [6.07, 6.45) is 6.67. The van der Waals surface area contributed by atoms with Crippen LogP contribution < -0.4 is 0 Å². The highest BCUT2D eigenvalue weighted by Gasteiger charge is 2.18. The first-order chi connectivity index (χ1) is 10.8. The van der Waals surface area contributed by atoms with Crippen molar-refractivity contribution in [1.82, 2.24) is 14.9 Å². The fraction of sp³-hybridized carbons (Fsp3) is 0.118. The van der Waals surface area contributed by atoms with Crippen LogP contribution in [0.3, 0.4) is 0 Å². The van der Waals surface area contributed by atoms with E-state index >= 15 is 0 Å². The summed E-state index contributed by atoms with van der Waals surface area (Å²) < 4.78 is 5.36. The predicted molar refractivity (Wildman–Crippen MR) is 80.8 cm³/mol. The van der Waals surface area contributed by atoms with Crippen molar-refractivity contribution in [2.24, 2.45) is 0 Å². The van der Waals surface area contributed by atoms with Crippen molar-refractivity contribution in [1.29, 1.82) is 0 Å². The summed E-state index contributed by atoms with van der Waals surface area (Å²) in [6, 6.07) is 12.7. The second-order valence-corrected chi connectivity index (χ2v) is 4.82. The molecule has 0 fully saturated rings. The van der Waals surface area contributed by atoms with Gasteiger partial charge >= 0.3 is 0 Å². The van der Waals surface area contributed by atoms with Crippen molar-refractivity contribution in [2.45, 2.75) is 13.1 Å². The lowest BCUT2D eigenvalue weighted by molar-refractivity contribution is 0.0711. The number of aromatic nitrogens is 2. The first kappa shape index (κ1) is 14.0. The maximum Gasteiger partial charge on any atom is 0.273 e. The maximum atomic E-state index is 12.7. The second kappa shape index (κ2) is 6.67. The number of furan rings is 1. The molecule has 0 spiro atoms. The molecular weight excluding hydrogens is 278 g/mol. The van der Waals surface area contributed by atoms with Crippen LogP contribution >= 0.6 is 0 Å². The number of rotatable bonds is 5. The molecule has 0 aliphatic rings. The predicted octanol–water partition coefficient (Wildman–Crippen LogP) is 2.91. The third kappa shape index (κ3) is 3.38. The Balaban J connectivity index is 1.84. The number of hydrogen-bond donors (Lipinski definition) is 0. The minimum absolute atomic E-state index is 0.138. The van der Waals surface area contributed by atoms with Crippen molar-refractivity contribution in [3.63, 3.8) is 0 Å². The standard InChI is InChI=1S/C17H15N3O2/c21-17(16-7-1-2-9-19-16)20(13-15-6-4-10-22-15)12-14-5-3-8-18-11-14/h1-11H,12-13H2. The Kier molecular flexibility index (Phi) is 4.25. The molecule has 0 aliphatic carbocycles. The van der Waals surface area contributed by atoms with Gasteiger partial charge in [-0.25, -0.2) is 0 Å². The molecule has 5 nitrogen and oxygen atoms in total. The van der Waals surface area contributed by atoms with Crippen molar-refractivity contribution in [3.8, 4) is 0 Å². The van der Waals surface area contributed by atoms with Gasteiger partial charge in [-0.3, -0.25) is 14.8 Å². The van der Waals surface area contributed by atoms with Gasteiger partial charge in [-0.15, -0.1) is 0 Å². The van der Waals surface area contributed by atoms with Crippen molar-refractivity contribution in [3.05, 3.63) is 84.3 Å². The zero-order valence-corrected chi connectivity index (χ0v) is 11.9. The van der Waals surface area contributed by atoms with E-state index in [1.54, 1.807) is 48.0 Å². The molecule has 3 rings (SSSR count). The SMILES string of the molecule is O=C(c1ccccn1)N(Cc1cccnc1)Cc1ccco1. The molecule has 0 bridgehead atoms. The van der Waals surface area contributed by atoms with E-state index in [1.165, 1.54) is 0 Å². The lowest BCUT2D eigenvalue weighted by atomic mass is 10.2. The number of nitrogens with zero attached hydrogens (tertiary/aromatic N) is 3. The molecule has 3 aromatic heterocycles. The van der Waals surface area contributed by atoms with E-state index in [0.717, 1.165) is 11.3 Å². The Bertz CT molecular complexity index is 712. The minimum Gasteiger partial charge on any atom is -0.467 e. The molecule has 5 heteroatoms. The number of carbonyl (C=O) groups is 1. The van der Waals surface area contributed by atoms with Crippen LogP contribution in [0.1, 0.15) is 21.8 Å². The van der Waals surface area contributed by atoms with Gasteiger partial charge in [0.05, 0.1) is 12.8 Å². The molecule has 3 heterocycles. The second-order valence-electron chi connectivity index (χ2n) is 4.82. The topological polar surface area (TPSA) is 59.2 Å². The van der Waals surface area contributed by atoms with Crippen LogP contribution in [0, 0.1) is 0 Å². The summed E-state index contributed by atoms with van der Waals surface area (Å²) in [5.41, 5.74) is 1.37. The van der Waals surface area contributed by atoms with Crippen molar-refractivity contribution in [2.75, 3.05) is 0 Å². The van der Waals surface area contributed by atoms with Gasteiger partial charge in [-0.1, -0.05) is 12.1 Å². The summed E-state index contributed by atoms with van der Waals surface area (Å²) in [7, 11) is 0. The zero-order valence-electron chi connectivity index (χ0n) is 11.9. The molecule has 0 saturated heterocycles. The van der Waals surface area contributed by atoms with E-state index < -0.39 is 0 Å². The number of pyridine rings is 2. The molecule has 0 N–H and O–H groups in total. The monoisotopic (exact) mass is 293 g/mol. The highest BCUT2D eigenvalue weighted by Crippen LogP contribution is 2.13. The Morgan fingerprint density at radius 3 is 2.68 bits per heavy atom. The maximum absolute atomic E-state index is 12.7. The first-order valence-electron chi connectivity index (χ1n) is 6.94. The number of amides is 1. The van der Waals surface area contributed by atoms with Crippen LogP contribution in [0.15, 0.2) is 71.7 Å². The molecule has 0 saturated carbocycles. The van der Waals surface area contributed by atoms with Crippen LogP contribution in [-0.2, 0) is 13.1 Å². The Hall–Kier alpha value is -2.95. The fourth-order valence-corrected chi connectivity index (χ4v) is 2.15. The molecule has 0 atom stereocenters. The third-order valence-electron chi connectivity index (χ3n) is 3.19. The van der Waals surface area contributed by atoms with Crippen LogP contribution in [0.25, 0.3) is 0 Å². The Labute approximate surface area is 128 Å². The average Bonchev–Trinajstić information content (AvgIpc) is 3.08. The number of hydrogen-bond acceptors (Lipinski definition) is 4. The van der Waals surface area contributed by atoms with E-state index in [4.69, 9.17) is 4.42 Å². The summed E-state index contributed by atoms with van der Waals surface area (Å²) in [5, 5.41) is 0.